The van der Waals surface area contributed by atoms with Crippen LogP contribution in [0.4, 0.5) is 5.69 Å². The fourth-order valence-electron chi connectivity index (χ4n) is 4.07. The second kappa shape index (κ2) is 10.8. The fraction of sp³-hybridized carbons (Fsp3) is 0.391. The molecule has 0 bridgehead atoms. The Morgan fingerprint density at radius 1 is 1.18 bits per heavy atom. The number of aryl methyl sites for hydroxylation is 2. The monoisotopic (exact) mass is 562 g/mol. The van der Waals surface area contributed by atoms with Crippen molar-refractivity contribution in [2.75, 3.05) is 31.6 Å². The van der Waals surface area contributed by atoms with Crippen molar-refractivity contribution < 1.29 is 4.79 Å². The van der Waals surface area contributed by atoms with Gasteiger partial charge in [-0.25, -0.2) is 0 Å². The summed E-state index contributed by atoms with van der Waals surface area (Å²) in [5.41, 5.74) is 5.34. The number of carbonyl (C=O) groups is 1. The van der Waals surface area contributed by atoms with E-state index in [1.165, 1.54) is 5.56 Å². The number of amides is 1. The SMILES string of the molecule is CN=C(NCc1c(C)nn(Cc2ccccc2)c1C)N1CCN(c2cnn(C)c2)C(=O)C1.I. The minimum atomic E-state index is 0. The summed E-state index contributed by atoms with van der Waals surface area (Å²) in [5, 5.41) is 12.3. The van der Waals surface area contributed by atoms with Crippen molar-refractivity contribution in [3.8, 4) is 0 Å². The lowest BCUT2D eigenvalue weighted by molar-refractivity contribution is -0.120. The number of piperazine rings is 1. The van der Waals surface area contributed by atoms with Gasteiger partial charge in [0.25, 0.3) is 0 Å². The standard InChI is InChI=1S/C23H30N8O.HI/c1-17-21(18(2)31(27-17)14-19-8-6-5-7-9-19)13-25-23(24-3)29-10-11-30(22(32)16-29)20-12-26-28(4)15-20;/h5-9,12,15H,10-11,13-14,16H2,1-4H3,(H,24,25);1H. The molecular formula is C23H31IN8O. The third-order valence-corrected chi connectivity index (χ3v) is 5.86. The highest BCUT2D eigenvalue weighted by Gasteiger charge is 2.27. The second-order valence-electron chi connectivity index (χ2n) is 8.03. The van der Waals surface area contributed by atoms with E-state index in [0.29, 0.717) is 19.6 Å². The lowest BCUT2D eigenvalue weighted by atomic mass is 10.2. The largest absolute Gasteiger partial charge is 0.352 e. The van der Waals surface area contributed by atoms with Crippen LogP contribution in [0.15, 0.2) is 47.7 Å². The van der Waals surface area contributed by atoms with E-state index in [9.17, 15) is 4.79 Å². The quantitative estimate of drug-likeness (QED) is 0.293. The van der Waals surface area contributed by atoms with Crippen LogP contribution >= 0.6 is 24.0 Å². The molecule has 3 heterocycles. The van der Waals surface area contributed by atoms with E-state index < -0.39 is 0 Å². The van der Waals surface area contributed by atoms with Crippen molar-refractivity contribution in [1.82, 2.24) is 29.8 Å². The van der Waals surface area contributed by atoms with E-state index in [4.69, 9.17) is 5.10 Å². The van der Waals surface area contributed by atoms with Crippen LogP contribution in [0.5, 0.6) is 0 Å². The lowest BCUT2D eigenvalue weighted by Gasteiger charge is -2.35. The molecule has 1 amide bonds. The van der Waals surface area contributed by atoms with Crippen molar-refractivity contribution in [3.05, 3.63) is 65.2 Å². The molecule has 10 heteroatoms. The van der Waals surface area contributed by atoms with Gasteiger partial charge in [-0.2, -0.15) is 10.2 Å². The van der Waals surface area contributed by atoms with Crippen LogP contribution in [-0.2, 0) is 24.9 Å². The molecule has 1 aliphatic heterocycles. The second-order valence-corrected chi connectivity index (χ2v) is 8.03. The number of hydrogen-bond donors (Lipinski definition) is 1. The molecule has 2 aromatic heterocycles. The van der Waals surface area contributed by atoms with E-state index in [-0.39, 0.29) is 36.4 Å². The summed E-state index contributed by atoms with van der Waals surface area (Å²) < 4.78 is 3.75. The highest BCUT2D eigenvalue weighted by molar-refractivity contribution is 14.0. The molecule has 176 valence electrons. The number of hydrogen-bond acceptors (Lipinski definition) is 4. The number of nitrogens with one attached hydrogen (secondary N) is 1. The van der Waals surface area contributed by atoms with Gasteiger partial charge in [0.1, 0.15) is 6.54 Å². The predicted molar refractivity (Wildman–Crippen MR) is 140 cm³/mol. The molecule has 3 aromatic rings. The maximum absolute atomic E-state index is 12.7. The van der Waals surface area contributed by atoms with Crippen molar-refractivity contribution in [1.29, 1.82) is 0 Å². The van der Waals surface area contributed by atoms with E-state index in [1.807, 2.05) is 47.9 Å². The number of carbonyl (C=O) groups excluding carboxylic acids is 1. The topological polar surface area (TPSA) is 83.6 Å². The van der Waals surface area contributed by atoms with Gasteiger partial charge in [0.15, 0.2) is 5.96 Å². The molecule has 0 radical (unpaired) electrons. The minimum absolute atomic E-state index is 0. The van der Waals surface area contributed by atoms with Gasteiger partial charge < -0.3 is 15.1 Å². The fourth-order valence-corrected chi connectivity index (χ4v) is 4.07. The number of nitrogens with zero attached hydrogens (tertiary/aromatic N) is 7. The first kappa shape index (κ1) is 24.7. The summed E-state index contributed by atoms with van der Waals surface area (Å²) in [5.74, 6) is 0.758. The highest BCUT2D eigenvalue weighted by atomic mass is 127. The Kier molecular flexibility index (Phi) is 8.11. The maximum atomic E-state index is 12.7. The number of benzene rings is 1. The minimum Gasteiger partial charge on any atom is -0.352 e. The Morgan fingerprint density at radius 3 is 2.58 bits per heavy atom. The Hall–Kier alpha value is -2.89. The van der Waals surface area contributed by atoms with Crippen LogP contribution in [0.25, 0.3) is 0 Å². The third-order valence-electron chi connectivity index (χ3n) is 5.86. The molecule has 1 saturated heterocycles. The Morgan fingerprint density at radius 2 is 1.94 bits per heavy atom. The lowest BCUT2D eigenvalue weighted by Crippen LogP contribution is -2.55. The molecule has 1 fully saturated rings. The summed E-state index contributed by atoms with van der Waals surface area (Å²) in [6.45, 7) is 7.05. The molecule has 0 aliphatic carbocycles. The normalized spacial score (nSPS) is 14.4. The molecule has 9 nitrogen and oxygen atoms in total. The van der Waals surface area contributed by atoms with Gasteiger partial charge in [-0.05, 0) is 19.4 Å². The summed E-state index contributed by atoms with van der Waals surface area (Å²) in [4.78, 5) is 20.9. The molecule has 4 rings (SSSR count). The third kappa shape index (κ3) is 5.55. The first-order chi connectivity index (χ1) is 15.5. The van der Waals surface area contributed by atoms with Crippen LogP contribution in [0, 0.1) is 13.8 Å². The molecule has 0 spiro atoms. The summed E-state index contributed by atoms with van der Waals surface area (Å²) in [7, 11) is 3.60. The summed E-state index contributed by atoms with van der Waals surface area (Å²) in [6.07, 6.45) is 3.58. The van der Waals surface area contributed by atoms with Gasteiger partial charge in [-0.1, -0.05) is 30.3 Å². The van der Waals surface area contributed by atoms with Gasteiger partial charge >= 0.3 is 0 Å². The number of aromatic nitrogens is 4. The van der Waals surface area contributed by atoms with E-state index >= 15 is 0 Å². The number of halogens is 1. The highest BCUT2D eigenvalue weighted by Crippen LogP contribution is 2.17. The average molecular weight is 562 g/mol. The van der Waals surface area contributed by atoms with Gasteiger partial charge in [-0.15, -0.1) is 24.0 Å². The molecule has 0 saturated carbocycles. The smallest absolute Gasteiger partial charge is 0.246 e. The van der Waals surface area contributed by atoms with E-state index in [1.54, 1.807) is 22.8 Å². The van der Waals surface area contributed by atoms with Gasteiger partial charge in [0.2, 0.25) is 5.91 Å². The molecule has 1 aliphatic rings. The molecule has 1 aromatic carbocycles. The molecule has 0 atom stereocenters. The zero-order valence-electron chi connectivity index (χ0n) is 19.5. The summed E-state index contributed by atoms with van der Waals surface area (Å²) in [6, 6.07) is 10.3. The number of anilines is 1. The van der Waals surface area contributed by atoms with Crippen LogP contribution < -0.4 is 10.2 Å². The van der Waals surface area contributed by atoms with Crippen LogP contribution in [0.1, 0.15) is 22.5 Å². The van der Waals surface area contributed by atoms with Crippen LogP contribution in [0.2, 0.25) is 0 Å². The van der Waals surface area contributed by atoms with Gasteiger partial charge in [-0.3, -0.25) is 19.2 Å². The van der Waals surface area contributed by atoms with Crippen molar-refractivity contribution >= 4 is 41.5 Å². The zero-order valence-corrected chi connectivity index (χ0v) is 21.9. The Labute approximate surface area is 211 Å². The number of guanidine groups is 1. The molecule has 1 N–H and O–H groups in total. The Bertz CT molecular complexity index is 1120. The van der Waals surface area contributed by atoms with E-state index in [2.05, 4.69) is 34.5 Å². The Balaban J connectivity index is 0.00000306. The van der Waals surface area contributed by atoms with Gasteiger partial charge in [0.05, 0.1) is 24.1 Å². The molecule has 33 heavy (non-hydrogen) atoms. The first-order valence-corrected chi connectivity index (χ1v) is 10.8. The average Bonchev–Trinajstić information content (AvgIpc) is 3.32. The van der Waals surface area contributed by atoms with Crippen LogP contribution in [0.3, 0.4) is 0 Å². The predicted octanol–water partition coefficient (Wildman–Crippen LogP) is 2.32. The zero-order chi connectivity index (χ0) is 22.7. The van der Waals surface area contributed by atoms with Crippen molar-refractivity contribution in [2.24, 2.45) is 12.0 Å². The number of rotatable bonds is 5. The van der Waals surface area contributed by atoms with Crippen molar-refractivity contribution in [3.63, 3.8) is 0 Å². The summed E-state index contributed by atoms with van der Waals surface area (Å²) >= 11 is 0. The molecule has 0 unspecified atom stereocenters. The van der Waals surface area contributed by atoms with Crippen LogP contribution in [-0.4, -0.2) is 63.0 Å². The van der Waals surface area contributed by atoms with E-state index in [0.717, 1.165) is 35.1 Å². The van der Waals surface area contributed by atoms with Gasteiger partial charge in [0, 0.05) is 51.2 Å². The number of aliphatic imine (C=N–C) groups is 1. The van der Waals surface area contributed by atoms with Crippen molar-refractivity contribution in [2.45, 2.75) is 26.9 Å². The maximum Gasteiger partial charge on any atom is 0.246 e. The molecular weight excluding hydrogens is 531 g/mol. The first-order valence-electron chi connectivity index (χ1n) is 10.8.